The number of alkyl halides is 1. The van der Waals surface area contributed by atoms with Crippen LogP contribution in [0.15, 0.2) is 24.5 Å². The second kappa shape index (κ2) is 7.22. The molecule has 0 fully saturated rings. The largest absolute Gasteiger partial charge is 0.265 e. The van der Waals surface area contributed by atoms with E-state index in [1.807, 2.05) is 26.0 Å². The molecule has 0 atom stereocenters. The van der Waals surface area contributed by atoms with Gasteiger partial charge in [-0.3, -0.25) is 4.98 Å². The average Bonchev–Trinajstić information content (AvgIpc) is 2.36. The van der Waals surface area contributed by atoms with Crippen LogP contribution in [-0.4, -0.2) is 31.6 Å². The van der Waals surface area contributed by atoms with Crippen LogP contribution in [0, 0.1) is 5.41 Å². The first-order valence-corrected chi connectivity index (χ1v) is 8.45. The second-order valence-corrected chi connectivity index (χ2v) is 7.65. The van der Waals surface area contributed by atoms with Crippen LogP contribution in [-0.2, 0) is 16.4 Å². The molecule has 1 N–H and O–H groups in total. The van der Waals surface area contributed by atoms with Crippen LogP contribution >= 0.6 is 11.6 Å². The molecule has 0 aliphatic heterocycles. The highest BCUT2D eigenvalue weighted by atomic mass is 35.5. The van der Waals surface area contributed by atoms with E-state index in [1.54, 1.807) is 12.4 Å². The lowest BCUT2D eigenvalue weighted by Gasteiger charge is -2.23. The minimum absolute atomic E-state index is 0.0912. The van der Waals surface area contributed by atoms with E-state index in [4.69, 9.17) is 11.6 Å². The molecule has 0 aliphatic carbocycles. The van der Waals surface area contributed by atoms with E-state index < -0.39 is 10.0 Å². The highest BCUT2D eigenvalue weighted by Crippen LogP contribution is 2.19. The Morgan fingerprint density at radius 1 is 1.32 bits per heavy atom. The molecule has 0 bridgehead atoms. The quantitative estimate of drug-likeness (QED) is 0.749. The molecule has 0 unspecified atom stereocenters. The van der Waals surface area contributed by atoms with Gasteiger partial charge in [0, 0.05) is 24.8 Å². The van der Waals surface area contributed by atoms with Gasteiger partial charge >= 0.3 is 0 Å². The highest BCUT2D eigenvalue weighted by molar-refractivity contribution is 7.89. The minimum Gasteiger partial charge on any atom is -0.265 e. The van der Waals surface area contributed by atoms with Crippen LogP contribution in [0.4, 0.5) is 0 Å². The van der Waals surface area contributed by atoms with Gasteiger partial charge in [-0.25, -0.2) is 13.1 Å². The maximum atomic E-state index is 11.9. The summed E-state index contributed by atoms with van der Waals surface area (Å²) in [6, 6.07) is 3.65. The Morgan fingerprint density at radius 2 is 1.95 bits per heavy atom. The lowest BCUT2D eigenvalue weighted by atomic mass is 9.91. The Balaban J connectivity index is 2.44. The summed E-state index contributed by atoms with van der Waals surface area (Å²) < 4.78 is 26.4. The summed E-state index contributed by atoms with van der Waals surface area (Å²) in [7, 11) is -3.24. The SMILES string of the molecule is CC(C)(CCCl)CNS(=O)(=O)CCc1ccncc1. The summed E-state index contributed by atoms with van der Waals surface area (Å²) in [5.41, 5.74) is 0.853. The van der Waals surface area contributed by atoms with Crippen molar-refractivity contribution in [1.29, 1.82) is 0 Å². The van der Waals surface area contributed by atoms with Crippen LogP contribution in [0.3, 0.4) is 0 Å². The third-order valence-corrected chi connectivity index (χ3v) is 4.47. The number of pyridine rings is 1. The monoisotopic (exact) mass is 304 g/mol. The number of sulfonamides is 1. The fourth-order valence-corrected chi connectivity index (χ4v) is 3.29. The predicted octanol–water partition coefficient (Wildman–Crippen LogP) is 2.20. The van der Waals surface area contributed by atoms with Gasteiger partial charge in [0.05, 0.1) is 5.75 Å². The molecule has 0 aromatic carbocycles. The summed E-state index contributed by atoms with van der Waals surface area (Å²) in [5.74, 6) is 0.625. The Bertz CT molecular complexity index is 475. The topological polar surface area (TPSA) is 59.1 Å². The zero-order valence-corrected chi connectivity index (χ0v) is 13.0. The number of halogens is 1. The third kappa shape index (κ3) is 6.89. The molecule has 0 radical (unpaired) electrons. The zero-order valence-electron chi connectivity index (χ0n) is 11.4. The van der Waals surface area contributed by atoms with Gasteiger partial charge < -0.3 is 0 Å². The second-order valence-electron chi connectivity index (χ2n) is 5.35. The summed E-state index contributed by atoms with van der Waals surface area (Å²) in [5, 5.41) is 0. The maximum Gasteiger partial charge on any atom is 0.211 e. The van der Waals surface area contributed by atoms with Gasteiger partial charge in [0.25, 0.3) is 0 Å². The third-order valence-electron chi connectivity index (χ3n) is 2.95. The molecular weight excluding hydrogens is 284 g/mol. The smallest absolute Gasteiger partial charge is 0.211 e. The average molecular weight is 305 g/mol. The summed E-state index contributed by atoms with van der Waals surface area (Å²) in [4.78, 5) is 3.90. The molecule has 6 heteroatoms. The molecule has 0 saturated heterocycles. The Kier molecular flexibility index (Phi) is 6.23. The van der Waals surface area contributed by atoms with Crippen LogP contribution in [0.25, 0.3) is 0 Å². The molecule has 0 saturated carbocycles. The molecule has 1 aromatic heterocycles. The van der Waals surface area contributed by atoms with E-state index in [0.717, 1.165) is 12.0 Å². The van der Waals surface area contributed by atoms with Crippen molar-refractivity contribution in [2.45, 2.75) is 26.7 Å². The van der Waals surface area contributed by atoms with Crippen molar-refractivity contribution in [3.63, 3.8) is 0 Å². The number of aryl methyl sites for hydroxylation is 1. The van der Waals surface area contributed by atoms with Gasteiger partial charge in [-0.2, -0.15) is 0 Å². The first-order chi connectivity index (χ1) is 8.85. The maximum absolute atomic E-state index is 11.9. The molecular formula is C13H21ClN2O2S. The number of rotatable bonds is 8. The highest BCUT2D eigenvalue weighted by Gasteiger charge is 2.20. The number of hydrogen-bond donors (Lipinski definition) is 1. The van der Waals surface area contributed by atoms with Crippen molar-refractivity contribution < 1.29 is 8.42 Å². The van der Waals surface area contributed by atoms with E-state index in [1.165, 1.54) is 0 Å². The van der Waals surface area contributed by atoms with Gasteiger partial charge in [-0.05, 0) is 36.0 Å². The normalized spacial score (nSPS) is 12.6. The molecule has 19 heavy (non-hydrogen) atoms. The van der Waals surface area contributed by atoms with Crippen LogP contribution in [0.1, 0.15) is 25.8 Å². The fraction of sp³-hybridized carbons (Fsp3) is 0.615. The van der Waals surface area contributed by atoms with E-state index in [2.05, 4.69) is 9.71 Å². The van der Waals surface area contributed by atoms with E-state index in [9.17, 15) is 8.42 Å². The zero-order chi connectivity index (χ0) is 14.4. The van der Waals surface area contributed by atoms with Crippen molar-refractivity contribution in [3.05, 3.63) is 30.1 Å². The molecule has 0 aliphatic rings. The molecule has 0 spiro atoms. The number of nitrogens with zero attached hydrogens (tertiary/aromatic N) is 1. The molecule has 1 aromatic rings. The Morgan fingerprint density at radius 3 is 2.53 bits per heavy atom. The van der Waals surface area contributed by atoms with Crippen LogP contribution in [0.2, 0.25) is 0 Å². The van der Waals surface area contributed by atoms with E-state index in [0.29, 0.717) is 18.8 Å². The van der Waals surface area contributed by atoms with Gasteiger partial charge in [0.1, 0.15) is 0 Å². The minimum atomic E-state index is -3.24. The van der Waals surface area contributed by atoms with Crippen LogP contribution < -0.4 is 4.72 Å². The molecule has 4 nitrogen and oxygen atoms in total. The summed E-state index contributed by atoms with van der Waals surface area (Å²) in [6.45, 7) is 4.42. The Hall–Kier alpha value is -0.650. The van der Waals surface area contributed by atoms with Crippen molar-refractivity contribution in [1.82, 2.24) is 9.71 Å². The lowest BCUT2D eigenvalue weighted by Crippen LogP contribution is -2.36. The van der Waals surface area contributed by atoms with Crippen LogP contribution in [0.5, 0.6) is 0 Å². The lowest BCUT2D eigenvalue weighted by molar-refractivity contribution is 0.352. The van der Waals surface area contributed by atoms with Crippen molar-refractivity contribution in [2.75, 3.05) is 18.2 Å². The first kappa shape index (κ1) is 16.4. The molecule has 1 rings (SSSR count). The standard InChI is InChI=1S/C13H21ClN2O2S/c1-13(2,6-7-14)11-16-19(17,18)10-5-12-3-8-15-9-4-12/h3-4,8-9,16H,5-7,10-11H2,1-2H3. The van der Waals surface area contributed by atoms with E-state index >= 15 is 0 Å². The van der Waals surface area contributed by atoms with Crippen molar-refractivity contribution in [2.24, 2.45) is 5.41 Å². The summed E-state index contributed by atoms with van der Waals surface area (Å²) >= 11 is 5.69. The predicted molar refractivity (Wildman–Crippen MR) is 78.8 cm³/mol. The summed E-state index contributed by atoms with van der Waals surface area (Å²) in [6.07, 6.45) is 4.60. The molecule has 108 valence electrons. The van der Waals surface area contributed by atoms with Crippen molar-refractivity contribution >= 4 is 21.6 Å². The molecule has 0 amide bonds. The number of hydrogen-bond acceptors (Lipinski definition) is 3. The number of nitrogens with one attached hydrogen (secondary N) is 1. The van der Waals surface area contributed by atoms with E-state index in [-0.39, 0.29) is 11.2 Å². The number of aromatic nitrogens is 1. The molecule has 1 heterocycles. The first-order valence-electron chi connectivity index (χ1n) is 6.27. The van der Waals surface area contributed by atoms with Crippen molar-refractivity contribution in [3.8, 4) is 0 Å². The Labute approximate surface area is 120 Å². The van der Waals surface area contributed by atoms with Gasteiger partial charge in [-0.1, -0.05) is 13.8 Å². The van der Waals surface area contributed by atoms with Gasteiger partial charge in [-0.15, -0.1) is 11.6 Å². The van der Waals surface area contributed by atoms with Gasteiger partial charge in [0.15, 0.2) is 0 Å². The fourth-order valence-electron chi connectivity index (χ4n) is 1.52. The van der Waals surface area contributed by atoms with Gasteiger partial charge in [0.2, 0.25) is 10.0 Å².